The van der Waals surface area contributed by atoms with E-state index >= 15 is 0 Å². The molecule has 0 N–H and O–H groups in total. The summed E-state index contributed by atoms with van der Waals surface area (Å²) >= 11 is 2.98. The smallest absolute Gasteiger partial charge is 0.305 e. The van der Waals surface area contributed by atoms with Gasteiger partial charge in [0.05, 0.1) is 12.2 Å². The highest BCUT2D eigenvalue weighted by molar-refractivity contribution is 9.11. The van der Waals surface area contributed by atoms with Gasteiger partial charge >= 0.3 is 7.60 Å². The lowest BCUT2D eigenvalue weighted by Gasteiger charge is -2.23. The van der Waals surface area contributed by atoms with Crippen LogP contribution in [0.1, 0.15) is 27.7 Å². The first-order chi connectivity index (χ1) is 6.31. The van der Waals surface area contributed by atoms with Crippen LogP contribution in [0.3, 0.4) is 0 Å². The number of aldehydes is 1. The number of rotatable bonds is 6. The molecule has 0 unspecified atom stereocenters. The monoisotopic (exact) mass is 286 g/mol. The molecule has 0 saturated carbocycles. The highest BCUT2D eigenvalue weighted by Crippen LogP contribution is 2.56. The standard InChI is InChI=1S/C8H16BrO4P/c1-6(2)12-14(11,8(9)5-10)13-7(3)4/h5-8H,1-4H3/t8-/m0/s1. The van der Waals surface area contributed by atoms with E-state index in [9.17, 15) is 9.36 Å². The maximum absolute atomic E-state index is 12.0. The summed E-state index contributed by atoms with van der Waals surface area (Å²) in [5.41, 5.74) is 0. The van der Waals surface area contributed by atoms with Crippen molar-refractivity contribution in [3.8, 4) is 0 Å². The minimum absolute atomic E-state index is 0.250. The maximum atomic E-state index is 12.0. The molecule has 0 radical (unpaired) electrons. The van der Waals surface area contributed by atoms with Crippen molar-refractivity contribution in [1.29, 1.82) is 0 Å². The van der Waals surface area contributed by atoms with Gasteiger partial charge in [0.15, 0.2) is 4.57 Å². The largest absolute Gasteiger partial charge is 0.351 e. The third-order valence-corrected chi connectivity index (χ3v) is 5.01. The van der Waals surface area contributed by atoms with Crippen molar-refractivity contribution in [1.82, 2.24) is 0 Å². The molecule has 1 atom stereocenters. The molecule has 14 heavy (non-hydrogen) atoms. The average Bonchev–Trinajstić information content (AvgIpc) is 1.99. The predicted molar refractivity (Wildman–Crippen MR) is 58.8 cm³/mol. The van der Waals surface area contributed by atoms with Crippen LogP contribution in [0.5, 0.6) is 0 Å². The van der Waals surface area contributed by atoms with Gasteiger partial charge in [0.25, 0.3) is 0 Å². The van der Waals surface area contributed by atoms with Crippen molar-refractivity contribution in [3.05, 3.63) is 0 Å². The van der Waals surface area contributed by atoms with Crippen molar-refractivity contribution < 1.29 is 18.4 Å². The first-order valence-corrected chi connectivity index (χ1v) is 6.90. The van der Waals surface area contributed by atoms with E-state index < -0.39 is 12.2 Å². The Hall–Kier alpha value is 0.300. The molecule has 0 aromatic rings. The summed E-state index contributed by atoms with van der Waals surface area (Å²) in [4.78, 5) is 10.5. The molecule has 0 bridgehead atoms. The molecule has 0 saturated heterocycles. The van der Waals surface area contributed by atoms with Crippen LogP contribution in [0.25, 0.3) is 0 Å². The molecule has 0 aromatic heterocycles. The van der Waals surface area contributed by atoms with E-state index in [2.05, 4.69) is 15.9 Å². The van der Waals surface area contributed by atoms with Gasteiger partial charge in [-0.1, -0.05) is 15.9 Å². The van der Waals surface area contributed by atoms with E-state index in [1.807, 2.05) is 0 Å². The Morgan fingerprint density at radius 3 is 1.71 bits per heavy atom. The van der Waals surface area contributed by atoms with Crippen LogP contribution in [0.2, 0.25) is 0 Å². The van der Waals surface area contributed by atoms with E-state index in [1.165, 1.54) is 0 Å². The predicted octanol–water partition coefficient (Wildman–Crippen LogP) is 2.95. The zero-order valence-electron chi connectivity index (χ0n) is 8.77. The van der Waals surface area contributed by atoms with Gasteiger partial charge in [0.2, 0.25) is 0 Å². The first-order valence-electron chi connectivity index (χ1n) is 4.37. The fourth-order valence-corrected chi connectivity index (χ4v) is 2.99. The quantitative estimate of drug-likeness (QED) is 0.428. The van der Waals surface area contributed by atoms with Crippen molar-refractivity contribution in [3.63, 3.8) is 0 Å². The lowest BCUT2D eigenvalue weighted by atomic mass is 10.5. The van der Waals surface area contributed by atoms with Crippen molar-refractivity contribution in [2.24, 2.45) is 0 Å². The van der Waals surface area contributed by atoms with Crippen LogP contribution >= 0.6 is 23.5 Å². The van der Waals surface area contributed by atoms with Gasteiger partial charge in [-0.2, -0.15) is 0 Å². The van der Waals surface area contributed by atoms with E-state index in [0.29, 0.717) is 6.29 Å². The maximum Gasteiger partial charge on any atom is 0.351 e. The summed E-state index contributed by atoms with van der Waals surface area (Å²) in [6, 6.07) is 0. The van der Waals surface area contributed by atoms with Gasteiger partial charge in [0.1, 0.15) is 6.29 Å². The molecule has 4 nitrogen and oxygen atoms in total. The number of carbonyl (C=O) groups is 1. The number of hydrogen-bond acceptors (Lipinski definition) is 4. The zero-order valence-corrected chi connectivity index (χ0v) is 11.2. The van der Waals surface area contributed by atoms with Crippen LogP contribution in [0, 0.1) is 0 Å². The van der Waals surface area contributed by atoms with Crippen molar-refractivity contribution in [2.75, 3.05) is 0 Å². The molecule has 0 rings (SSSR count). The number of hydrogen-bond donors (Lipinski definition) is 0. The molecule has 0 aliphatic carbocycles. The fourth-order valence-electron chi connectivity index (χ4n) is 0.803. The lowest BCUT2D eigenvalue weighted by molar-refractivity contribution is -0.106. The Labute approximate surface area is 93.0 Å². The molecule has 84 valence electrons. The Morgan fingerprint density at radius 1 is 1.14 bits per heavy atom. The molecule has 0 amide bonds. The second-order valence-corrected chi connectivity index (χ2v) is 7.11. The van der Waals surface area contributed by atoms with Crippen LogP contribution in [0.15, 0.2) is 0 Å². The van der Waals surface area contributed by atoms with Crippen molar-refractivity contribution in [2.45, 2.75) is 44.5 Å². The SMILES string of the molecule is CC(C)OP(=O)(OC(C)C)[C@H](Br)C=O. The average molecular weight is 287 g/mol. The minimum atomic E-state index is -3.37. The summed E-state index contributed by atoms with van der Waals surface area (Å²) in [7, 11) is -3.37. The van der Waals surface area contributed by atoms with E-state index in [-0.39, 0.29) is 12.2 Å². The fraction of sp³-hybridized carbons (Fsp3) is 0.875. The Morgan fingerprint density at radius 2 is 1.50 bits per heavy atom. The number of alkyl halides is 1. The van der Waals surface area contributed by atoms with Gasteiger partial charge in [-0.15, -0.1) is 0 Å². The van der Waals surface area contributed by atoms with E-state index in [4.69, 9.17) is 9.05 Å². The Bertz CT molecular complexity index is 215. The normalized spacial score (nSPS) is 14.8. The van der Waals surface area contributed by atoms with Crippen LogP contribution < -0.4 is 0 Å². The summed E-state index contributed by atoms with van der Waals surface area (Å²) in [6.07, 6.45) is 0.0186. The lowest BCUT2D eigenvalue weighted by Crippen LogP contribution is -2.15. The Kier molecular flexibility index (Phi) is 6.14. The zero-order chi connectivity index (χ0) is 11.4. The molecule has 0 aliphatic heterocycles. The second kappa shape index (κ2) is 6.01. The number of halogens is 1. The van der Waals surface area contributed by atoms with Crippen LogP contribution in [-0.2, 0) is 18.4 Å². The first kappa shape index (κ1) is 14.3. The second-order valence-electron chi connectivity index (χ2n) is 3.36. The highest BCUT2D eigenvalue weighted by atomic mass is 79.9. The summed E-state index contributed by atoms with van der Waals surface area (Å²) in [5, 5.41) is 0. The van der Waals surface area contributed by atoms with Gasteiger partial charge in [0, 0.05) is 0 Å². The van der Waals surface area contributed by atoms with Crippen LogP contribution in [-0.4, -0.2) is 23.1 Å². The molecule has 6 heteroatoms. The van der Waals surface area contributed by atoms with E-state index in [0.717, 1.165) is 0 Å². The third kappa shape index (κ3) is 4.69. The molecule has 0 aromatic carbocycles. The molecule has 0 aliphatic rings. The summed E-state index contributed by atoms with van der Waals surface area (Å²) < 4.78 is 21.5. The molecule has 0 spiro atoms. The minimum Gasteiger partial charge on any atom is -0.305 e. The Balaban J connectivity index is 4.66. The van der Waals surface area contributed by atoms with Gasteiger partial charge < -0.3 is 13.8 Å². The highest BCUT2D eigenvalue weighted by Gasteiger charge is 2.36. The topological polar surface area (TPSA) is 52.6 Å². The van der Waals surface area contributed by atoms with Gasteiger partial charge in [-0.05, 0) is 27.7 Å². The molecule has 0 heterocycles. The van der Waals surface area contributed by atoms with Crippen molar-refractivity contribution >= 4 is 29.8 Å². The molecular formula is C8H16BrO4P. The summed E-state index contributed by atoms with van der Waals surface area (Å²) in [6.45, 7) is 6.95. The third-order valence-electron chi connectivity index (χ3n) is 1.13. The summed E-state index contributed by atoms with van der Waals surface area (Å²) in [5.74, 6) is 0. The van der Waals surface area contributed by atoms with E-state index in [1.54, 1.807) is 27.7 Å². The number of carbonyl (C=O) groups excluding carboxylic acids is 1. The van der Waals surface area contributed by atoms with Gasteiger partial charge in [-0.3, -0.25) is 4.57 Å². The molecule has 0 fully saturated rings. The van der Waals surface area contributed by atoms with Crippen LogP contribution in [0.4, 0.5) is 0 Å². The van der Waals surface area contributed by atoms with Gasteiger partial charge in [-0.25, -0.2) is 0 Å². The molecular weight excluding hydrogens is 271 g/mol.